The molecule has 0 fully saturated rings. The van der Waals surface area contributed by atoms with Crippen molar-refractivity contribution < 1.29 is 23.5 Å². The topological polar surface area (TPSA) is 64.6 Å². The van der Waals surface area contributed by atoms with Crippen molar-refractivity contribution in [3.05, 3.63) is 70.9 Å². The van der Waals surface area contributed by atoms with Crippen LogP contribution in [0.25, 0.3) is 11.1 Å². The van der Waals surface area contributed by atoms with E-state index >= 15 is 0 Å². The number of rotatable bonds is 9. The van der Waals surface area contributed by atoms with Crippen LogP contribution in [-0.2, 0) is 16.0 Å². The highest BCUT2D eigenvalue weighted by Gasteiger charge is 2.23. The summed E-state index contributed by atoms with van der Waals surface area (Å²) < 4.78 is 24.0. The van der Waals surface area contributed by atoms with Gasteiger partial charge in [0.25, 0.3) is 5.91 Å². The molecule has 7 heteroatoms. The first kappa shape index (κ1) is 22.5. The molecule has 0 unspecified atom stereocenters. The van der Waals surface area contributed by atoms with Crippen molar-refractivity contribution in [1.29, 1.82) is 0 Å². The molecule has 3 aromatic rings. The van der Waals surface area contributed by atoms with E-state index in [0.717, 1.165) is 12.8 Å². The molecule has 1 heterocycles. The van der Waals surface area contributed by atoms with E-state index in [9.17, 15) is 14.0 Å². The molecular formula is C24H24FNO4S. The minimum Gasteiger partial charge on any atom is -0.484 e. The van der Waals surface area contributed by atoms with Crippen LogP contribution in [0.15, 0.2) is 53.9 Å². The average Bonchev–Trinajstić information content (AvgIpc) is 3.17. The largest absolute Gasteiger partial charge is 0.484 e. The number of aryl methyl sites for hydroxylation is 1. The Balaban J connectivity index is 1.73. The number of hydrogen-bond acceptors (Lipinski definition) is 5. The van der Waals surface area contributed by atoms with Gasteiger partial charge in [-0.3, -0.25) is 4.79 Å². The predicted molar refractivity (Wildman–Crippen MR) is 120 cm³/mol. The van der Waals surface area contributed by atoms with Gasteiger partial charge >= 0.3 is 5.97 Å². The SMILES string of the molecule is CCCc1ccc(OCC(=O)Nc2scc(-c3ccc(F)cc3)c2C(=O)OCC)cc1. The van der Waals surface area contributed by atoms with Crippen LogP contribution in [0.1, 0.15) is 36.2 Å². The maximum Gasteiger partial charge on any atom is 0.341 e. The Kier molecular flexibility index (Phi) is 7.78. The van der Waals surface area contributed by atoms with Crippen molar-refractivity contribution in [3.8, 4) is 16.9 Å². The number of carbonyl (C=O) groups is 2. The molecule has 0 atom stereocenters. The summed E-state index contributed by atoms with van der Waals surface area (Å²) in [6.45, 7) is 3.83. The highest BCUT2D eigenvalue weighted by Crippen LogP contribution is 2.36. The van der Waals surface area contributed by atoms with Crippen LogP contribution in [0.3, 0.4) is 0 Å². The van der Waals surface area contributed by atoms with Crippen molar-refractivity contribution in [3.63, 3.8) is 0 Å². The second-order valence-electron chi connectivity index (χ2n) is 6.81. The van der Waals surface area contributed by atoms with E-state index in [1.807, 2.05) is 24.3 Å². The summed E-state index contributed by atoms with van der Waals surface area (Å²) in [5.41, 5.74) is 2.69. The Labute approximate surface area is 184 Å². The molecule has 0 aliphatic heterocycles. The molecule has 1 amide bonds. The monoisotopic (exact) mass is 441 g/mol. The molecule has 162 valence electrons. The Bertz CT molecular complexity index is 1030. The van der Waals surface area contributed by atoms with Crippen molar-refractivity contribution in [2.75, 3.05) is 18.5 Å². The summed E-state index contributed by atoms with van der Waals surface area (Å²) in [4.78, 5) is 25.0. The second kappa shape index (κ2) is 10.7. The lowest BCUT2D eigenvalue weighted by Gasteiger charge is -2.10. The minimum atomic E-state index is -0.550. The maximum atomic E-state index is 13.3. The van der Waals surface area contributed by atoms with E-state index in [0.29, 0.717) is 21.9 Å². The molecule has 0 spiro atoms. The predicted octanol–water partition coefficient (Wildman–Crippen LogP) is 5.70. The first-order valence-electron chi connectivity index (χ1n) is 10.1. The van der Waals surface area contributed by atoms with Crippen molar-refractivity contribution in [2.45, 2.75) is 26.7 Å². The van der Waals surface area contributed by atoms with Crippen molar-refractivity contribution >= 4 is 28.2 Å². The number of halogens is 1. The summed E-state index contributed by atoms with van der Waals surface area (Å²) >= 11 is 1.20. The second-order valence-corrected chi connectivity index (χ2v) is 7.69. The fourth-order valence-corrected chi connectivity index (χ4v) is 4.02. The molecule has 0 radical (unpaired) electrons. The third-order valence-electron chi connectivity index (χ3n) is 4.51. The fraction of sp³-hybridized carbons (Fsp3) is 0.250. The summed E-state index contributed by atoms with van der Waals surface area (Å²) in [5.74, 6) is -0.717. The Hall–Kier alpha value is -3.19. The smallest absolute Gasteiger partial charge is 0.341 e. The first-order chi connectivity index (χ1) is 15.0. The van der Waals surface area contributed by atoms with Crippen molar-refractivity contribution in [2.24, 2.45) is 0 Å². The average molecular weight is 442 g/mol. The molecule has 0 bridgehead atoms. The quantitative estimate of drug-likeness (QED) is 0.433. The number of anilines is 1. The Morgan fingerprint density at radius 2 is 1.74 bits per heavy atom. The molecule has 31 heavy (non-hydrogen) atoms. The van der Waals surface area contributed by atoms with Crippen LogP contribution in [0, 0.1) is 5.82 Å². The molecule has 3 rings (SSSR count). The van der Waals surface area contributed by atoms with Gasteiger partial charge in [-0.15, -0.1) is 11.3 Å². The van der Waals surface area contributed by atoms with Gasteiger partial charge in [0.15, 0.2) is 6.61 Å². The van der Waals surface area contributed by atoms with Gasteiger partial charge in [0.2, 0.25) is 0 Å². The normalized spacial score (nSPS) is 10.5. The molecule has 2 aromatic carbocycles. The number of benzene rings is 2. The van der Waals surface area contributed by atoms with Gasteiger partial charge in [-0.05, 0) is 48.7 Å². The maximum absolute atomic E-state index is 13.3. The molecule has 0 saturated carbocycles. The van der Waals surface area contributed by atoms with Crippen molar-refractivity contribution in [1.82, 2.24) is 0 Å². The number of nitrogens with one attached hydrogen (secondary N) is 1. The molecular weight excluding hydrogens is 417 g/mol. The van der Waals surface area contributed by atoms with Crippen LogP contribution >= 0.6 is 11.3 Å². The standard InChI is InChI=1S/C24H24FNO4S/c1-3-5-16-6-12-19(13-7-16)30-14-21(27)26-23-22(24(28)29-4-2)20(15-31-23)17-8-10-18(25)11-9-17/h6-13,15H,3-5,14H2,1-2H3,(H,26,27). The Morgan fingerprint density at radius 3 is 2.39 bits per heavy atom. The zero-order chi connectivity index (χ0) is 22.2. The summed E-state index contributed by atoms with van der Waals surface area (Å²) in [7, 11) is 0. The highest BCUT2D eigenvalue weighted by atomic mass is 32.1. The van der Waals surface area contributed by atoms with E-state index in [4.69, 9.17) is 9.47 Å². The molecule has 1 N–H and O–H groups in total. The highest BCUT2D eigenvalue weighted by molar-refractivity contribution is 7.15. The minimum absolute atomic E-state index is 0.195. The number of ether oxygens (including phenoxy) is 2. The van der Waals surface area contributed by atoms with Crippen LogP contribution < -0.4 is 10.1 Å². The van der Waals surface area contributed by atoms with E-state index in [2.05, 4.69) is 12.2 Å². The number of amides is 1. The zero-order valence-corrected chi connectivity index (χ0v) is 18.3. The van der Waals surface area contributed by atoms with Crippen LogP contribution in [0.4, 0.5) is 9.39 Å². The number of carbonyl (C=O) groups excluding carboxylic acids is 2. The lowest BCUT2D eigenvalue weighted by molar-refractivity contribution is -0.118. The van der Waals surface area contributed by atoms with E-state index in [-0.39, 0.29) is 24.6 Å². The van der Waals surface area contributed by atoms with Gasteiger partial charge in [0.1, 0.15) is 22.1 Å². The van der Waals surface area contributed by atoms with E-state index < -0.39 is 11.9 Å². The van der Waals surface area contributed by atoms with Gasteiger partial charge in [-0.2, -0.15) is 0 Å². The zero-order valence-electron chi connectivity index (χ0n) is 17.4. The molecule has 1 aromatic heterocycles. The lowest BCUT2D eigenvalue weighted by Crippen LogP contribution is -2.21. The van der Waals surface area contributed by atoms with E-state index in [1.54, 1.807) is 24.4 Å². The van der Waals surface area contributed by atoms with Gasteiger partial charge < -0.3 is 14.8 Å². The van der Waals surface area contributed by atoms with Gasteiger partial charge in [0, 0.05) is 10.9 Å². The van der Waals surface area contributed by atoms with Gasteiger partial charge in [-0.1, -0.05) is 37.6 Å². The van der Waals surface area contributed by atoms with E-state index in [1.165, 1.54) is 29.0 Å². The van der Waals surface area contributed by atoms with Gasteiger partial charge in [-0.25, -0.2) is 9.18 Å². The van der Waals surface area contributed by atoms with Crippen LogP contribution in [0.2, 0.25) is 0 Å². The Morgan fingerprint density at radius 1 is 1.03 bits per heavy atom. The number of thiophene rings is 1. The summed E-state index contributed by atoms with van der Waals surface area (Å²) in [6, 6.07) is 13.4. The molecule has 0 aliphatic rings. The third kappa shape index (κ3) is 5.92. The molecule has 5 nitrogen and oxygen atoms in total. The third-order valence-corrected chi connectivity index (χ3v) is 5.41. The summed E-state index contributed by atoms with van der Waals surface area (Å²) in [6.07, 6.45) is 2.05. The number of hydrogen-bond donors (Lipinski definition) is 1. The lowest BCUT2D eigenvalue weighted by atomic mass is 10.0. The summed E-state index contributed by atoms with van der Waals surface area (Å²) in [5, 5.41) is 4.84. The molecule has 0 saturated heterocycles. The molecule has 0 aliphatic carbocycles. The van der Waals surface area contributed by atoms with Crippen LogP contribution in [-0.4, -0.2) is 25.1 Å². The first-order valence-corrected chi connectivity index (χ1v) is 11.0. The van der Waals surface area contributed by atoms with Crippen LogP contribution in [0.5, 0.6) is 5.75 Å². The fourth-order valence-electron chi connectivity index (χ4n) is 3.05. The number of esters is 1. The van der Waals surface area contributed by atoms with Gasteiger partial charge in [0.05, 0.1) is 6.61 Å².